The summed E-state index contributed by atoms with van der Waals surface area (Å²) < 4.78 is 53.9. The van der Waals surface area contributed by atoms with Gasteiger partial charge in [-0.25, -0.2) is 17.6 Å². The van der Waals surface area contributed by atoms with Crippen molar-refractivity contribution in [1.29, 1.82) is 0 Å². The Morgan fingerprint density at radius 1 is 1.28 bits per heavy atom. The average molecular weight is 261 g/mol. The Kier molecular flexibility index (Phi) is 3.90. The summed E-state index contributed by atoms with van der Waals surface area (Å²) in [6, 6.07) is 2.20. The van der Waals surface area contributed by atoms with Crippen molar-refractivity contribution < 1.29 is 17.6 Å². The molecule has 0 aliphatic carbocycles. The first-order valence-electron chi connectivity index (χ1n) is 6.03. The molecule has 1 nitrogen and oxygen atoms in total. The minimum atomic E-state index is -3.25. The summed E-state index contributed by atoms with van der Waals surface area (Å²) in [6.45, 7) is 1.37. The molecular formula is C13H15F4N. The molecule has 1 aliphatic heterocycles. The molecular weight excluding hydrogens is 246 g/mol. The van der Waals surface area contributed by atoms with Crippen molar-refractivity contribution in [1.82, 2.24) is 5.32 Å². The first-order chi connectivity index (χ1) is 8.49. The van der Waals surface area contributed by atoms with E-state index in [2.05, 4.69) is 5.32 Å². The van der Waals surface area contributed by atoms with E-state index in [1.54, 1.807) is 0 Å². The molecule has 1 saturated heterocycles. The summed E-state index contributed by atoms with van der Waals surface area (Å²) in [5.74, 6) is -5.44. The third-order valence-corrected chi connectivity index (χ3v) is 3.27. The molecule has 2 rings (SSSR count). The van der Waals surface area contributed by atoms with Gasteiger partial charge in [0.1, 0.15) is 11.6 Å². The van der Waals surface area contributed by atoms with Crippen LogP contribution in [0.5, 0.6) is 0 Å². The number of hydrogen-bond acceptors (Lipinski definition) is 1. The minimum absolute atomic E-state index is 0.168. The number of hydrogen-bond donors (Lipinski definition) is 1. The predicted molar refractivity (Wildman–Crippen MR) is 60.5 cm³/mol. The van der Waals surface area contributed by atoms with Crippen LogP contribution in [-0.2, 0) is 5.92 Å². The maximum absolute atomic E-state index is 13.9. The van der Waals surface area contributed by atoms with Crippen molar-refractivity contribution in [2.45, 2.75) is 25.2 Å². The largest absolute Gasteiger partial charge is 0.316 e. The number of nitrogens with one attached hydrogen (secondary N) is 1. The smallest absolute Gasteiger partial charge is 0.276 e. The van der Waals surface area contributed by atoms with Crippen molar-refractivity contribution in [2.24, 2.45) is 5.92 Å². The third-order valence-electron chi connectivity index (χ3n) is 3.27. The van der Waals surface area contributed by atoms with Gasteiger partial charge < -0.3 is 5.32 Å². The lowest BCUT2D eigenvalue weighted by Gasteiger charge is -2.27. The third kappa shape index (κ3) is 3.02. The summed E-state index contributed by atoms with van der Waals surface area (Å²) in [4.78, 5) is 0. The molecule has 0 saturated carbocycles. The van der Waals surface area contributed by atoms with Crippen LogP contribution in [0.2, 0.25) is 0 Å². The van der Waals surface area contributed by atoms with Crippen molar-refractivity contribution >= 4 is 0 Å². The SMILES string of the molecule is Fc1ccc(C(F)(F)CC2CCCNC2)c(F)c1. The van der Waals surface area contributed by atoms with E-state index in [0.717, 1.165) is 25.1 Å². The second-order valence-corrected chi connectivity index (χ2v) is 4.75. The van der Waals surface area contributed by atoms with E-state index in [-0.39, 0.29) is 5.92 Å². The Morgan fingerprint density at radius 2 is 2.06 bits per heavy atom. The van der Waals surface area contributed by atoms with Crippen LogP contribution in [0, 0.1) is 17.6 Å². The molecule has 1 aliphatic rings. The van der Waals surface area contributed by atoms with Gasteiger partial charge in [-0.05, 0) is 44.0 Å². The van der Waals surface area contributed by atoms with Crippen molar-refractivity contribution in [3.05, 3.63) is 35.4 Å². The number of rotatable bonds is 3. The highest BCUT2D eigenvalue weighted by molar-refractivity contribution is 5.23. The van der Waals surface area contributed by atoms with Gasteiger partial charge >= 0.3 is 0 Å². The Hall–Kier alpha value is -1.10. The van der Waals surface area contributed by atoms with Gasteiger partial charge in [-0.2, -0.15) is 0 Å². The van der Waals surface area contributed by atoms with Crippen LogP contribution >= 0.6 is 0 Å². The highest BCUT2D eigenvalue weighted by Gasteiger charge is 2.37. The van der Waals surface area contributed by atoms with Crippen LogP contribution in [0.15, 0.2) is 18.2 Å². The fourth-order valence-electron chi connectivity index (χ4n) is 2.36. The quantitative estimate of drug-likeness (QED) is 0.822. The van der Waals surface area contributed by atoms with Gasteiger partial charge in [0.05, 0.1) is 5.56 Å². The van der Waals surface area contributed by atoms with Crippen LogP contribution in [-0.4, -0.2) is 13.1 Å². The molecule has 0 bridgehead atoms. The van der Waals surface area contributed by atoms with Gasteiger partial charge in [0, 0.05) is 12.5 Å². The van der Waals surface area contributed by atoms with Gasteiger partial charge in [0.2, 0.25) is 0 Å². The summed E-state index contributed by atoms with van der Waals surface area (Å²) in [5, 5.41) is 3.05. The molecule has 1 unspecified atom stereocenters. The molecule has 1 aromatic rings. The van der Waals surface area contributed by atoms with Gasteiger partial charge in [0.25, 0.3) is 5.92 Å². The average Bonchev–Trinajstić information content (AvgIpc) is 2.29. The van der Waals surface area contributed by atoms with Gasteiger partial charge in [-0.15, -0.1) is 0 Å². The molecule has 1 heterocycles. The fourth-order valence-corrected chi connectivity index (χ4v) is 2.36. The maximum atomic E-state index is 13.9. The molecule has 0 aromatic heterocycles. The van der Waals surface area contributed by atoms with Crippen LogP contribution in [0.3, 0.4) is 0 Å². The first kappa shape index (κ1) is 13.3. The Bertz CT molecular complexity index is 413. The Morgan fingerprint density at radius 3 is 2.67 bits per heavy atom. The van der Waals surface area contributed by atoms with Crippen LogP contribution in [0.1, 0.15) is 24.8 Å². The van der Waals surface area contributed by atoms with E-state index in [1.807, 2.05) is 0 Å². The second kappa shape index (κ2) is 5.26. The normalized spacial score (nSPS) is 21.0. The predicted octanol–water partition coefficient (Wildman–Crippen LogP) is 3.45. The lowest BCUT2D eigenvalue weighted by atomic mass is 9.90. The van der Waals surface area contributed by atoms with Gasteiger partial charge in [-0.3, -0.25) is 0 Å². The number of piperidine rings is 1. The van der Waals surface area contributed by atoms with Crippen molar-refractivity contribution in [2.75, 3.05) is 13.1 Å². The zero-order valence-corrected chi connectivity index (χ0v) is 9.86. The molecule has 1 fully saturated rings. The van der Waals surface area contributed by atoms with E-state index >= 15 is 0 Å². The summed E-state index contributed by atoms with van der Waals surface area (Å²) in [6.07, 6.45) is 1.17. The van der Waals surface area contributed by atoms with E-state index in [0.29, 0.717) is 19.0 Å². The van der Waals surface area contributed by atoms with E-state index in [4.69, 9.17) is 0 Å². The molecule has 100 valence electrons. The summed E-state index contributed by atoms with van der Waals surface area (Å²) >= 11 is 0. The van der Waals surface area contributed by atoms with Crippen molar-refractivity contribution in [3.63, 3.8) is 0 Å². The van der Waals surface area contributed by atoms with Crippen molar-refractivity contribution in [3.8, 4) is 0 Å². The van der Waals surface area contributed by atoms with E-state index in [9.17, 15) is 17.6 Å². The number of benzene rings is 1. The molecule has 0 amide bonds. The molecule has 18 heavy (non-hydrogen) atoms. The Balaban J connectivity index is 2.13. The van der Waals surface area contributed by atoms with Gasteiger partial charge in [0.15, 0.2) is 0 Å². The monoisotopic (exact) mass is 261 g/mol. The van der Waals surface area contributed by atoms with Crippen LogP contribution in [0.25, 0.3) is 0 Å². The lowest BCUT2D eigenvalue weighted by molar-refractivity contribution is -0.0348. The molecule has 0 radical (unpaired) electrons. The number of halogens is 4. The molecule has 1 N–H and O–H groups in total. The topological polar surface area (TPSA) is 12.0 Å². The van der Waals surface area contributed by atoms with Crippen LogP contribution < -0.4 is 5.32 Å². The maximum Gasteiger partial charge on any atom is 0.276 e. The zero-order valence-electron chi connectivity index (χ0n) is 9.86. The van der Waals surface area contributed by atoms with E-state index < -0.39 is 29.5 Å². The molecule has 1 atom stereocenters. The molecule has 0 spiro atoms. The lowest BCUT2D eigenvalue weighted by Crippen LogP contribution is -2.33. The zero-order chi connectivity index (χ0) is 13.2. The minimum Gasteiger partial charge on any atom is -0.316 e. The van der Waals surface area contributed by atoms with E-state index in [1.165, 1.54) is 0 Å². The second-order valence-electron chi connectivity index (χ2n) is 4.75. The fraction of sp³-hybridized carbons (Fsp3) is 0.538. The highest BCUT2D eigenvalue weighted by Crippen LogP contribution is 2.37. The van der Waals surface area contributed by atoms with Crippen LogP contribution in [0.4, 0.5) is 17.6 Å². The first-order valence-corrected chi connectivity index (χ1v) is 6.03. The molecule has 5 heteroatoms. The summed E-state index contributed by atoms with van der Waals surface area (Å²) in [5.41, 5.74) is -0.713. The highest BCUT2D eigenvalue weighted by atomic mass is 19.3. The Labute approximate surface area is 103 Å². The van der Waals surface area contributed by atoms with Gasteiger partial charge in [-0.1, -0.05) is 0 Å². The summed E-state index contributed by atoms with van der Waals surface area (Å²) in [7, 11) is 0. The number of alkyl halides is 2. The standard InChI is InChI=1S/C13H15F4N/c14-10-3-4-11(12(15)6-10)13(16,17)7-9-2-1-5-18-8-9/h3-4,6,9,18H,1-2,5,7-8H2. The molecule has 1 aromatic carbocycles.